The van der Waals surface area contributed by atoms with Crippen molar-refractivity contribution in [2.24, 2.45) is 0 Å². The van der Waals surface area contributed by atoms with E-state index in [9.17, 15) is 4.79 Å². The summed E-state index contributed by atoms with van der Waals surface area (Å²) in [6.45, 7) is 0.492. The minimum atomic E-state index is 0.0217. The molecule has 94 valence electrons. The van der Waals surface area contributed by atoms with Crippen molar-refractivity contribution in [2.45, 2.75) is 25.8 Å². The molecule has 0 atom stereocenters. The zero-order valence-corrected chi connectivity index (χ0v) is 10.6. The number of rotatable bonds is 2. The van der Waals surface area contributed by atoms with Crippen LogP contribution in [0.4, 0.5) is 0 Å². The number of aromatic nitrogens is 1. The van der Waals surface area contributed by atoms with Crippen LogP contribution in [0.15, 0.2) is 41.2 Å². The summed E-state index contributed by atoms with van der Waals surface area (Å²) < 4.78 is 1.82. The topological polar surface area (TPSA) is 45.8 Å². The van der Waals surface area contributed by atoms with Crippen LogP contribution in [0, 0.1) is 11.3 Å². The monoisotopic (exact) mass is 250 g/mol. The average Bonchev–Trinajstić information content (AvgIpc) is 2.91. The Morgan fingerprint density at radius 1 is 1.16 bits per heavy atom. The highest BCUT2D eigenvalue weighted by atomic mass is 16.1. The van der Waals surface area contributed by atoms with E-state index in [1.807, 2.05) is 28.8 Å². The highest BCUT2D eigenvalue weighted by molar-refractivity contribution is 5.38. The molecule has 1 aromatic heterocycles. The van der Waals surface area contributed by atoms with Crippen LogP contribution < -0.4 is 5.56 Å². The molecule has 19 heavy (non-hydrogen) atoms. The molecule has 3 rings (SSSR count). The highest BCUT2D eigenvalue weighted by Gasteiger charge is 2.16. The molecule has 0 spiro atoms. The molecule has 0 N–H and O–H groups in total. The normalized spacial score (nSPS) is 13.0. The lowest BCUT2D eigenvalue weighted by atomic mass is 10.1. The van der Waals surface area contributed by atoms with E-state index in [0.29, 0.717) is 12.1 Å². The molecule has 1 aromatic carbocycles. The first-order chi connectivity index (χ1) is 9.29. The zero-order valence-electron chi connectivity index (χ0n) is 10.6. The minimum absolute atomic E-state index is 0.0217. The fourth-order valence-corrected chi connectivity index (χ4v) is 2.74. The Hall–Kier alpha value is -2.34. The number of hydrogen-bond acceptors (Lipinski definition) is 2. The maximum atomic E-state index is 12.1. The number of aryl methyl sites for hydroxylation is 1. The molecule has 0 unspecified atom stereocenters. The van der Waals surface area contributed by atoms with Gasteiger partial charge in [0.05, 0.1) is 18.2 Å². The number of fused-ring (bicyclic) bond motifs is 1. The van der Waals surface area contributed by atoms with Crippen molar-refractivity contribution < 1.29 is 0 Å². The molecule has 0 aliphatic heterocycles. The quantitative estimate of drug-likeness (QED) is 0.820. The number of hydrogen-bond donors (Lipinski definition) is 0. The molecule has 0 saturated carbocycles. The van der Waals surface area contributed by atoms with Crippen LogP contribution >= 0.6 is 0 Å². The Balaban J connectivity index is 2.08. The fourth-order valence-electron chi connectivity index (χ4n) is 2.74. The van der Waals surface area contributed by atoms with Gasteiger partial charge in [0.25, 0.3) is 5.56 Å². The minimum Gasteiger partial charge on any atom is -0.308 e. The maximum absolute atomic E-state index is 12.1. The average molecular weight is 250 g/mol. The lowest BCUT2D eigenvalue weighted by Gasteiger charge is -2.12. The SMILES string of the molecule is N#Cc1ccccc1Cn1c2c(ccc1=O)CCC2. The van der Waals surface area contributed by atoms with Crippen molar-refractivity contribution in [3.05, 3.63) is 69.1 Å². The van der Waals surface area contributed by atoms with E-state index in [1.165, 1.54) is 5.56 Å². The Kier molecular flexibility index (Phi) is 2.92. The van der Waals surface area contributed by atoms with E-state index >= 15 is 0 Å². The van der Waals surface area contributed by atoms with Crippen LogP contribution in [0.3, 0.4) is 0 Å². The number of benzene rings is 1. The summed E-state index contributed by atoms with van der Waals surface area (Å²) >= 11 is 0. The van der Waals surface area contributed by atoms with Crippen LogP contribution in [-0.2, 0) is 19.4 Å². The van der Waals surface area contributed by atoms with Crippen LogP contribution in [0.2, 0.25) is 0 Å². The predicted molar refractivity (Wildman–Crippen MR) is 73.0 cm³/mol. The molecule has 1 heterocycles. The van der Waals surface area contributed by atoms with Gasteiger partial charge in [-0.05, 0) is 36.5 Å². The van der Waals surface area contributed by atoms with Crippen molar-refractivity contribution in [3.8, 4) is 6.07 Å². The van der Waals surface area contributed by atoms with E-state index in [4.69, 9.17) is 5.26 Å². The van der Waals surface area contributed by atoms with Gasteiger partial charge in [0.1, 0.15) is 0 Å². The molecular weight excluding hydrogens is 236 g/mol. The second kappa shape index (κ2) is 4.74. The fraction of sp³-hybridized carbons (Fsp3) is 0.250. The molecule has 2 aromatic rings. The van der Waals surface area contributed by atoms with Gasteiger partial charge in [0.2, 0.25) is 0 Å². The van der Waals surface area contributed by atoms with Gasteiger partial charge >= 0.3 is 0 Å². The Morgan fingerprint density at radius 2 is 2.00 bits per heavy atom. The number of nitrogens with zero attached hydrogens (tertiary/aromatic N) is 2. The van der Waals surface area contributed by atoms with E-state index in [2.05, 4.69) is 6.07 Å². The Morgan fingerprint density at radius 3 is 2.84 bits per heavy atom. The van der Waals surface area contributed by atoms with Crippen molar-refractivity contribution in [1.82, 2.24) is 4.57 Å². The molecular formula is C16H14N2O. The molecule has 3 nitrogen and oxygen atoms in total. The standard InChI is InChI=1S/C16H14N2O/c17-10-13-4-1-2-5-14(13)11-18-15-7-3-6-12(15)8-9-16(18)19/h1-2,4-5,8-9H,3,6-7,11H2. The Labute approximate surface area is 111 Å². The van der Waals surface area contributed by atoms with Crippen LogP contribution in [0.5, 0.6) is 0 Å². The molecule has 0 saturated heterocycles. The van der Waals surface area contributed by atoms with Gasteiger partial charge in [-0.3, -0.25) is 4.79 Å². The summed E-state index contributed by atoms with van der Waals surface area (Å²) in [7, 11) is 0. The smallest absolute Gasteiger partial charge is 0.251 e. The Bertz CT molecular complexity index is 722. The number of nitriles is 1. The molecule has 3 heteroatoms. The van der Waals surface area contributed by atoms with Gasteiger partial charge < -0.3 is 4.57 Å². The van der Waals surface area contributed by atoms with Gasteiger partial charge in [-0.1, -0.05) is 24.3 Å². The van der Waals surface area contributed by atoms with E-state index in [-0.39, 0.29) is 5.56 Å². The lowest BCUT2D eigenvalue weighted by molar-refractivity contribution is 0.706. The molecule has 0 fully saturated rings. The second-order valence-corrected chi connectivity index (χ2v) is 4.85. The first-order valence-corrected chi connectivity index (χ1v) is 6.49. The van der Waals surface area contributed by atoms with Gasteiger partial charge in [0.15, 0.2) is 0 Å². The van der Waals surface area contributed by atoms with Gasteiger partial charge in [0, 0.05) is 11.8 Å². The van der Waals surface area contributed by atoms with E-state index < -0.39 is 0 Å². The van der Waals surface area contributed by atoms with Crippen molar-refractivity contribution in [3.63, 3.8) is 0 Å². The van der Waals surface area contributed by atoms with Gasteiger partial charge in [-0.2, -0.15) is 5.26 Å². The third-order valence-corrected chi connectivity index (χ3v) is 3.72. The van der Waals surface area contributed by atoms with Crippen molar-refractivity contribution in [2.75, 3.05) is 0 Å². The molecule has 1 aliphatic rings. The molecule has 0 amide bonds. The summed E-state index contributed by atoms with van der Waals surface area (Å²) in [6, 6.07) is 13.2. The second-order valence-electron chi connectivity index (χ2n) is 4.85. The summed E-state index contributed by atoms with van der Waals surface area (Å²) in [4.78, 5) is 12.1. The first-order valence-electron chi connectivity index (χ1n) is 6.49. The molecule has 0 bridgehead atoms. The van der Waals surface area contributed by atoms with Crippen LogP contribution in [-0.4, -0.2) is 4.57 Å². The summed E-state index contributed by atoms with van der Waals surface area (Å²) in [6.07, 6.45) is 3.12. The maximum Gasteiger partial charge on any atom is 0.251 e. The van der Waals surface area contributed by atoms with Crippen LogP contribution in [0.25, 0.3) is 0 Å². The molecule has 1 aliphatic carbocycles. The summed E-state index contributed by atoms with van der Waals surface area (Å²) in [5, 5.41) is 9.12. The van der Waals surface area contributed by atoms with Crippen molar-refractivity contribution in [1.29, 1.82) is 5.26 Å². The zero-order chi connectivity index (χ0) is 13.2. The van der Waals surface area contributed by atoms with E-state index in [0.717, 1.165) is 30.5 Å². The van der Waals surface area contributed by atoms with Gasteiger partial charge in [-0.25, -0.2) is 0 Å². The van der Waals surface area contributed by atoms with E-state index in [1.54, 1.807) is 12.1 Å². The number of pyridine rings is 1. The van der Waals surface area contributed by atoms with Gasteiger partial charge in [-0.15, -0.1) is 0 Å². The highest BCUT2D eigenvalue weighted by Crippen LogP contribution is 2.21. The lowest BCUT2D eigenvalue weighted by Crippen LogP contribution is -2.23. The molecule has 0 radical (unpaired) electrons. The summed E-state index contributed by atoms with van der Waals surface area (Å²) in [5.41, 5.74) is 3.99. The third-order valence-electron chi connectivity index (χ3n) is 3.72. The predicted octanol–water partition coefficient (Wildman–Crippen LogP) is 2.26. The largest absolute Gasteiger partial charge is 0.308 e. The summed E-state index contributed by atoms with van der Waals surface area (Å²) in [5.74, 6) is 0. The first kappa shape index (κ1) is 11.7. The third kappa shape index (κ3) is 2.06. The van der Waals surface area contributed by atoms with Crippen LogP contribution in [0.1, 0.15) is 28.8 Å². The van der Waals surface area contributed by atoms with Crippen molar-refractivity contribution >= 4 is 0 Å².